The first-order chi connectivity index (χ1) is 16.9. The first kappa shape index (κ1) is 24.0. The molecular weight excluding hydrogens is 438 g/mol. The van der Waals surface area contributed by atoms with Crippen LogP contribution in [0.4, 0.5) is 0 Å². The van der Waals surface area contributed by atoms with E-state index in [2.05, 4.69) is 54.1 Å². The van der Waals surface area contributed by atoms with Crippen molar-refractivity contribution in [3.8, 4) is 0 Å². The van der Waals surface area contributed by atoms with Gasteiger partial charge in [0.2, 0.25) is 0 Å². The first-order valence-electron chi connectivity index (χ1n) is 12.9. The molecule has 1 aromatic heterocycles. The van der Waals surface area contributed by atoms with Gasteiger partial charge in [-0.05, 0) is 68.1 Å². The van der Waals surface area contributed by atoms with Crippen LogP contribution in [0.1, 0.15) is 53.8 Å². The number of furan rings is 1. The zero-order valence-corrected chi connectivity index (χ0v) is 20.9. The second-order valence-electron chi connectivity index (χ2n) is 10.5. The molecule has 35 heavy (non-hydrogen) atoms. The molecule has 2 saturated heterocycles. The number of piperidine rings is 1. The topological polar surface area (TPSA) is 60.2 Å². The van der Waals surface area contributed by atoms with Crippen LogP contribution < -0.4 is 0 Å². The Labute approximate surface area is 208 Å². The number of amides is 1. The van der Waals surface area contributed by atoms with Crippen LogP contribution in [0, 0.1) is 0 Å². The molecule has 2 aliphatic rings. The summed E-state index contributed by atoms with van der Waals surface area (Å²) in [5.74, 6) is 0.807. The molecule has 5 rings (SSSR count). The van der Waals surface area contributed by atoms with Crippen molar-refractivity contribution >= 4 is 16.9 Å². The van der Waals surface area contributed by atoms with E-state index in [4.69, 9.17) is 4.42 Å². The summed E-state index contributed by atoms with van der Waals surface area (Å²) in [5, 5.41) is 12.4. The van der Waals surface area contributed by atoms with Gasteiger partial charge in [0.05, 0.1) is 5.60 Å². The van der Waals surface area contributed by atoms with Gasteiger partial charge in [-0.2, -0.15) is 0 Å². The summed E-state index contributed by atoms with van der Waals surface area (Å²) >= 11 is 0. The minimum Gasteiger partial charge on any atom is -0.451 e. The fourth-order valence-corrected chi connectivity index (χ4v) is 5.51. The highest BCUT2D eigenvalue weighted by molar-refractivity contribution is 5.96. The summed E-state index contributed by atoms with van der Waals surface area (Å²) in [6.07, 6.45) is 2.37. The zero-order valence-electron chi connectivity index (χ0n) is 20.9. The van der Waals surface area contributed by atoms with Crippen LogP contribution in [0.3, 0.4) is 0 Å². The van der Waals surface area contributed by atoms with Crippen LogP contribution in [-0.2, 0) is 5.60 Å². The van der Waals surface area contributed by atoms with Gasteiger partial charge in [-0.1, -0.05) is 43.3 Å². The Kier molecular flexibility index (Phi) is 6.96. The Hall–Kier alpha value is -2.67. The lowest BCUT2D eigenvalue weighted by atomic mass is 9.83. The number of aliphatic hydroxyl groups is 1. The normalized spacial score (nSPS) is 20.6. The molecule has 3 heterocycles. The van der Waals surface area contributed by atoms with Gasteiger partial charge in [0, 0.05) is 44.7 Å². The summed E-state index contributed by atoms with van der Waals surface area (Å²) in [6.45, 7) is 8.36. The number of fused-ring (bicyclic) bond motifs is 1. The van der Waals surface area contributed by atoms with E-state index >= 15 is 0 Å². The predicted molar refractivity (Wildman–Crippen MR) is 139 cm³/mol. The lowest BCUT2D eigenvalue weighted by Gasteiger charge is -2.39. The van der Waals surface area contributed by atoms with E-state index in [0.29, 0.717) is 30.1 Å². The zero-order chi connectivity index (χ0) is 24.4. The van der Waals surface area contributed by atoms with Crippen LogP contribution in [0.15, 0.2) is 59.0 Å². The quantitative estimate of drug-likeness (QED) is 0.596. The van der Waals surface area contributed by atoms with Crippen LogP contribution in [0.2, 0.25) is 0 Å². The molecule has 1 unspecified atom stereocenters. The molecule has 2 aliphatic heterocycles. The minimum absolute atomic E-state index is 0.0439. The smallest absolute Gasteiger partial charge is 0.289 e. The molecular formula is C29H37N3O3. The lowest BCUT2D eigenvalue weighted by molar-refractivity contribution is -0.0266. The Morgan fingerprint density at radius 2 is 1.77 bits per heavy atom. The van der Waals surface area contributed by atoms with E-state index in [1.807, 2.05) is 29.2 Å². The lowest BCUT2D eigenvalue weighted by Crippen LogP contribution is -2.43. The molecule has 2 aromatic carbocycles. The average molecular weight is 476 g/mol. The number of likely N-dealkylation sites (N-methyl/N-ethyl adjacent to an activating group) is 1. The number of carbonyl (C=O) groups is 1. The summed E-state index contributed by atoms with van der Waals surface area (Å²) in [6, 6.07) is 18.3. The number of nitrogens with zero attached hydrogens (tertiary/aromatic N) is 3. The van der Waals surface area contributed by atoms with Crippen molar-refractivity contribution in [2.45, 2.75) is 37.7 Å². The molecule has 0 aliphatic carbocycles. The van der Waals surface area contributed by atoms with Gasteiger partial charge >= 0.3 is 0 Å². The molecule has 1 atom stereocenters. The third-order valence-electron chi connectivity index (χ3n) is 7.86. The van der Waals surface area contributed by atoms with E-state index in [0.717, 1.165) is 63.2 Å². The van der Waals surface area contributed by atoms with Crippen LogP contribution in [0.25, 0.3) is 11.0 Å². The SMILES string of the molecule is CC(CN1CCC(O)(c2ccc3oc(C(=O)N4CCCN(C)CC4)cc3c2)CC1)c1ccccc1. The number of benzene rings is 2. The van der Waals surface area contributed by atoms with Crippen LogP contribution >= 0.6 is 0 Å². The maximum atomic E-state index is 13.1. The van der Waals surface area contributed by atoms with E-state index in [1.54, 1.807) is 0 Å². The maximum absolute atomic E-state index is 13.1. The molecule has 2 fully saturated rings. The fourth-order valence-electron chi connectivity index (χ4n) is 5.51. The van der Waals surface area contributed by atoms with Crippen molar-refractivity contribution in [2.24, 2.45) is 0 Å². The molecule has 3 aromatic rings. The summed E-state index contributed by atoms with van der Waals surface area (Å²) < 4.78 is 5.93. The van der Waals surface area contributed by atoms with Crippen LogP contribution in [0.5, 0.6) is 0 Å². The van der Waals surface area contributed by atoms with E-state index < -0.39 is 5.60 Å². The molecule has 0 radical (unpaired) electrons. The Balaban J connectivity index is 1.25. The van der Waals surface area contributed by atoms with Crippen molar-refractivity contribution in [1.82, 2.24) is 14.7 Å². The molecule has 1 amide bonds. The third kappa shape index (κ3) is 5.30. The molecule has 186 valence electrons. The molecule has 6 heteroatoms. The molecule has 0 saturated carbocycles. The largest absolute Gasteiger partial charge is 0.451 e. The van der Waals surface area contributed by atoms with Crippen molar-refractivity contribution in [2.75, 3.05) is 52.9 Å². The predicted octanol–water partition coefficient (Wildman–Crippen LogP) is 4.30. The maximum Gasteiger partial charge on any atom is 0.289 e. The van der Waals surface area contributed by atoms with Crippen molar-refractivity contribution < 1.29 is 14.3 Å². The number of rotatable bonds is 5. The summed E-state index contributed by atoms with van der Waals surface area (Å²) in [7, 11) is 2.09. The van der Waals surface area contributed by atoms with Crippen molar-refractivity contribution in [3.05, 3.63) is 71.5 Å². The third-order valence-corrected chi connectivity index (χ3v) is 7.86. The second-order valence-corrected chi connectivity index (χ2v) is 10.5. The van der Waals surface area contributed by atoms with Gasteiger partial charge in [-0.25, -0.2) is 0 Å². The highest BCUT2D eigenvalue weighted by Crippen LogP contribution is 2.35. The molecule has 0 bridgehead atoms. The number of carbonyl (C=O) groups excluding carboxylic acids is 1. The number of hydrogen-bond acceptors (Lipinski definition) is 5. The number of likely N-dealkylation sites (tertiary alicyclic amines) is 1. The van der Waals surface area contributed by atoms with E-state index in [-0.39, 0.29) is 5.91 Å². The second kappa shape index (κ2) is 10.1. The van der Waals surface area contributed by atoms with Crippen molar-refractivity contribution in [3.63, 3.8) is 0 Å². The van der Waals surface area contributed by atoms with Crippen molar-refractivity contribution in [1.29, 1.82) is 0 Å². The Bertz CT molecular complexity index is 1150. The monoisotopic (exact) mass is 475 g/mol. The fraction of sp³-hybridized carbons (Fsp3) is 0.483. The van der Waals surface area contributed by atoms with Gasteiger partial charge in [-0.3, -0.25) is 4.79 Å². The Morgan fingerprint density at radius 3 is 2.54 bits per heavy atom. The van der Waals surface area contributed by atoms with Gasteiger partial charge < -0.3 is 24.2 Å². The van der Waals surface area contributed by atoms with E-state index in [1.165, 1.54) is 5.56 Å². The van der Waals surface area contributed by atoms with Gasteiger partial charge in [0.25, 0.3) is 5.91 Å². The standard InChI is InChI=1S/C29H37N3O3/c1-22(23-7-4-3-5-8-23)21-31-15-11-29(34,12-16-31)25-9-10-26-24(19-25)20-27(35-26)28(33)32-14-6-13-30(2)17-18-32/h3-5,7-10,19-20,22,34H,6,11-18,21H2,1-2H3. The summed E-state index contributed by atoms with van der Waals surface area (Å²) in [5.41, 5.74) is 2.12. The summed E-state index contributed by atoms with van der Waals surface area (Å²) in [4.78, 5) is 19.7. The van der Waals surface area contributed by atoms with Crippen LogP contribution in [-0.4, -0.2) is 78.6 Å². The van der Waals surface area contributed by atoms with Gasteiger partial charge in [0.1, 0.15) is 5.58 Å². The minimum atomic E-state index is -0.850. The van der Waals surface area contributed by atoms with Gasteiger partial charge in [-0.15, -0.1) is 0 Å². The Morgan fingerprint density at radius 1 is 1.00 bits per heavy atom. The highest BCUT2D eigenvalue weighted by atomic mass is 16.3. The average Bonchev–Trinajstić information content (AvgIpc) is 3.19. The van der Waals surface area contributed by atoms with Gasteiger partial charge in [0.15, 0.2) is 5.76 Å². The molecule has 0 spiro atoms. The van der Waals surface area contributed by atoms with E-state index in [9.17, 15) is 9.90 Å². The number of hydrogen-bond donors (Lipinski definition) is 1. The molecule has 6 nitrogen and oxygen atoms in total. The highest BCUT2D eigenvalue weighted by Gasteiger charge is 2.35. The molecule has 1 N–H and O–H groups in total. The first-order valence-corrected chi connectivity index (χ1v) is 12.9.